The number of rotatable bonds is 8. The number of hydrazine groups is 1. The summed E-state index contributed by atoms with van der Waals surface area (Å²) in [4.78, 5) is 17.1. The fourth-order valence-corrected chi connectivity index (χ4v) is 3.25. The van der Waals surface area contributed by atoms with Crippen molar-refractivity contribution >= 4 is 33.4 Å². The van der Waals surface area contributed by atoms with Crippen LogP contribution in [0.2, 0.25) is 0 Å². The fourth-order valence-electron chi connectivity index (χ4n) is 3.25. The molecule has 1 aromatic heterocycles. The molecule has 4 aromatic rings. The Morgan fingerprint density at radius 2 is 1.58 bits per heavy atom. The number of nitrogens with one attached hydrogen (secondary N) is 2. The number of ether oxygens (including phenoxy) is 3. The van der Waals surface area contributed by atoms with Crippen LogP contribution in [0.1, 0.15) is 6.92 Å². The Balaban J connectivity index is 1.52. The molecule has 31 heavy (non-hydrogen) atoms. The molecule has 0 aliphatic heterocycles. The van der Waals surface area contributed by atoms with E-state index in [1.165, 1.54) is 0 Å². The molecule has 0 aliphatic rings. The largest absolute Gasteiger partial charge is 0.497 e. The lowest BCUT2D eigenvalue weighted by molar-refractivity contribution is -0.122. The van der Waals surface area contributed by atoms with Gasteiger partial charge in [0.1, 0.15) is 17.2 Å². The van der Waals surface area contributed by atoms with Gasteiger partial charge >= 0.3 is 0 Å². The third-order valence-electron chi connectivity index (χ3n) is 4.72. The summed E-state index contributed by atoms with van der Waals surface area (Å²) in [6, 6.07) is 20.5. The molecule has 7 heteroatoms. The van der Waals surface area contributed by atoms with Gasteiger partial charge in [-0.2, -0.15) is 0 Å². The SMILES string of the molecule is CCOc1ccc2c(NNC(=O)COc3ccc(OC)cc3)c3ccccc3nc2c1. The summed E-state index contributed by atoms with van der Waals surface area (Å²) in [6.07, 6.45) is 0. The number of benzene rings is 3. The van der Waals surface area contributed by atoms with Crippen LogP contribution in [-0.2, 0) is 4.79 Å². The van der Waals surface area contributed by atoms with E-state index in [9.17, 15) is 4.79 Å². The second-order valence-corrected chi connectivity index (χ2v) is 6.75. The van der Waals surface area contributed by atoms with Crippen molar-refractivity contribution in [3.05, 3.63) is 66.7 Å². The van der Waals surface area contributed by atoms with E-state index in [-0.39, 0.29) is 12.5 Å². The molecule has 0 unspecified atom stereocenters. The average molecular weight is 417 g/mol. The number of carbonyl (C=O) groups is 1. The van der Waals surface area contributed by atoms with Crippen LogP contribution in [0, 0.1) is 0 Å². The van der Waals surface area contributed by atoms with Crippen molar-refractivity contribution in [2.75, 3.05) is 25.7 Å². The molecule has 4 rings (SSSR count). The Kier molecular flexibility index (Phi) is 6.03. The highest BCUT2D eigenvalue weighted by Crippen LogP contribution is 2.32. The highest BCUT2D eigenvalue weighted by Gasteiger charge is 2.11. The quantitative estimate of drug-likeness (QED) is 0.328. The van der Waals surface area contributed by atoms with E-state index in [2.05, 4.69) is 10.9 Å². The summed E-state index contributed by atoms with van der Waals surface area (Å²) >= 11 is 0. The highest BCUT2D eigenvalue weighted by molar-refractivity contribution is 6.08. The van der Waals surface area contributed by atoms with Crippen molar-refractivity contribution in [1.82, 2.24) is 10.4 Å². The van der Waals surface area contributed by atoms with Crippen molar-refractivity contribution in [2.24, 2.45) is 0 Å². The number of hydrogen-bond donors (Lipinski definition) is 2. The van der Waals surface area contributed by atoms with E-state index in [0.29, 0.717) is 12.4 Å². The lowest BCUT2D eigenvalue weighted by atomic mass is 10.1. The molecule has 1 amide bonds. The molecule has 0 saturated carbocycles. The number of carbonyl (C=O) groups excluding carboxylic acids is 1. The summed E-state index contributed by atoms with van der Waals surface area (Å²) in [5.74, 6) is 1.75. The first kappa shape index (κ1) is 20.3. The molecule has 7 nitrogen and oxygen atoms in total. The lowest BCUT2D eigenvalue weighted by Gasteiger charge is -2.15. The van der Waals surface area contributed by atoms with Crippen molar-refractivity contribution in [2.45, 2.75) is 6.92 Å². The smallest absolute Gasteiger partial charge is 0.276 e. The Bertz CT molecular complexity index is 1210. The molecule has 0 saturated heterocycles. The summed E-state index contributed by atoms with van der Waals surface area (Å²) < 4.78 is 16.3. The molecule has 2 N–H and O–H groups in total. The third kappa shape index (κ3) is 4.61. The van der Waals surface area contributed by atoms with Crippen LogP contribution in [0.15, 0.2) is 66.7 Å². The lowest BCUT2D eigenvalue weighted by Crippen LogP contribution is -2.33. The molecule has 0 fully saturated rings. The van der Waals surface area contributed by atoms with E-state index in [4.69, 9.17) is 19.2 Å². The van der Waals surface area contributed by atoms with Crippen molar-refractivity contribution in [1.29, 1.82) is 0 Å². The zero-order valence-electron chi connectivity index (χ0n) is 17.3. The fraction of sp³-hybridized carbons (Fsp3) is 0.167. The molecule has 0 radical (unpaired) electrons. The number of hydrogen-bond acceptors (Lipinski definition) is 6. The predicted octanol–water partition coefficient (Wildman–Crippen LogP) is 4.32. The number of methoxy groups -OCH3 is 1. The van der Waals surface area contributed by atoms with Gasteiger partial charge in [0, 0.05) is 16.8 Å². The zero-order chi connectivity index (χ0) is 21.6. The first-order valence-electron chi connectivity index (χ1n) is 9.95. The normalized spacial score (nSPS) is 10.6. The maximum absolute atomic E-state index is 12.4. The van der Waals surface area contributed by atoms with Crippen LogP contribution in [0.25, 0.3) is 21.8 Å². The second-order valence-electron chi connectivity index (χ2n) is 6.75. The van der Waals surface area contributed by atoms with Gasteiger partial charge in [-0.1, -0.05) is 18.2 Å². The number of fused-ring (bicyclic) bond motifs is 2. The molecule has 1 heterocycles. The van der Waals surface area contributed by atoms with Crippen molar-refractivity contribution < 1.29 is 19.0 Å². The van der Waals surface area contributed by atoms with E-state index >= 15 is 0 Å². The molecular formula is C24H23N3O4. The molecule has 0 bridgehead atoms. The minimum absolute atomic E-state index is 0.130. The van der Waals surface area contributed by atoms with Crippen LogP contribution in [0.5, 0.6) is 17.2 Å². The highest BCUT2D eigenvalue weighted by atomic mass is 16.5. The minimum atomic E-state index is -0.309. The van der Waals surface area contributed by atoms with Gasteiger partial charge in [-0.3, -0.25) is 15.6 Å². The van der Waals surface area contributed by atoms with Crippen LogP contribution < -0.4 is 25.1 Å². The number of pyridine rings is 1. The summed E-state index contributed by atoms with van der Waals surface area (Å²) in [5.41, 5.74) is 8.13. The molecule has 0 atom stereocenters. The molecule has 0 spiro atoms. The third-order valence-corrected chi connectivity index (χ3v) is 4.72. The maximum Gasteiger partial charge on any atom is 0.276 e. The van der Waals surface area contributed by atoms with Crippen LogP contribution >= 0.6 is 0 Å². The first-order valence-corrected chi connectivity index (χ1v) is 9.95. The number of amides is 1. The van der Waals surface area contributed by atoms with E-state index in [1.54, 1.807) is 31.4 Å². The minimum Gasteiger partial charge on any atom is -0.497 e. The first-order chi connectivity index (χ1) is 15.2. The van der Waals surface area contributed by atoms with Gasteiger partial charge in [0.15, 0.2) is 6.61 Å². The van der Waals surface area contributed by atoms with Gasteiger partial charge in [-0.15, -0.1) is 0 Å². The molecule has 0 aliphatic carbocycles. The molecular weight excluding hydrogens is 394 g/mol. The molecule has 158 valence electrons. The van der Waals surface area contributed by atoms with Gasteiger partial charge in [0.25, 0.3) is 5.91 Å². The van der Waals surface area contributed by atoms with Gasteiger partial charge in [0.2, 0.25) is 0 Å². The van der Waals surface area contributed by atoms with Gasteiger partial charge in [-0.05, 0) is 49.4 Å². The van der Waals surface area contributed by atoms with Crippen molar-refractivity contribution in [3.63, 3.8) is 0 Å². The van der Waals surface area contributed by atoms with Crippen LogP contribution in [-0.4, -0.2) is 31.2 Å². The number of aromatic nitrogens is 1. The standard InChI is InChI=1S/C24H23N3O4/c1-3-30-18-12-13-20-22(14-18)25-21-7-5-4-6-19(21)24(20)27-26-23(28)15-31-17-10-8-16(29-2)9-11-17/h4-14H,3,15H2,1-2H3,(H,25,27)(H,26,28). The van der Waals surface area contributed by atoms with Gasteiger partial charge < -0.3 is 14.2 Å². The monoisotopic (exact) mass is 417 g/mol. The van der Waals surface area contributed by atoms with E-state index in [0.717, 1.165) is 39.0 Å². The average Bonchev–Trinajstić information content (AvgIpc) is 2.81. The summed E-state index contributed by atoms with van der Waals surface area (Å²) in [6.45, 7) is 2.39. The van der Waals surface area contributed by atoms with Crippen LogP contribution in [0.3, 0.4) is 0 Å². The summed E-state index contributed by atoms with van der Waals surface area (Å²) in [5, 5.41) is 1.77. The van der Waals surface area contributed by atoms with Gasteiger partial charge in [0.05, 0.1) is 30.4 Å². The van der Waals surface area contributed by atoms with Crippen LogP contribution in [0.4, 0.5) is 5.69 Å². The predicted molar refractivity (Wildman–Crippen MR) is 121 cm³/mol. The second kappa shape index (κ2) is 9.21. The molecule has 3 aromatic carbocycles. The number of para-hydroxylation sites is 1. The summed E-state index contributed by atoms with van der Waals surface area (Å²) in [7, 11) is 1.60. The van der Waals surface area contributed by atoms with E-state index < -0.39 is 0 Å². The number of nitrogens with zero attached hydrogens (tertiary/aromatic N) is 1. The van der Waals surface area contributed by atoms with E-state index in [1.807, 2.05) is 49.4 Å². The zero-order valence-corrected chi connectivity index (χ0v) is 17.3. The Morgan fingerprint density at radius 3 is 2.35 bits per heavy atom. The topological polar surface area (TPSA) is 81.7 Å². The Hall–Kier alpha value is -4.00. The number of anilines is 1. The Labute approximate surface area is 179 Å². The van der Waals surface area contributed by atoms with Gasteiger partial charge in [-0.25, -0.2) is 4.98 Å². The maximum atomic E-state index is 12.4. The van der Waals surface area contributed by atoms with Crippen molar-refractivity contribution in [3.8, 4) is 17.2 Å². The Morgan fingerprint density at radius 1 is 0.871 bits per heavy atom.